The van der Waals surface area contributed by atoms with Crippen molar-refractivity contribution in [1.29, 1.82) is 0 Å². The van der Waals surface area contributed by atoms with E-state index in [1.165, 1.54) is 0 Å². The Bertz CT molecular complexity index is 2620. The maximum Gasteiger partial charge on any atom is 0.303 e. The number of carbonyl (C=O) groups is 3. The third kappa shape index (κ3) is 5.21. The quantitative estimate of drug-likeness (QED) is 0.0845. The van der Waals surface area contributed by atoms with Crippen LogP contribution in [0.15, 0.2) is 127 Å². The van der Waals surface area contributed by atoms with Crippen LogP contribution in [0.2, 0.25) is 0 Å². The van der Waals surface area contributed by atoms with Gasteiger partial charge in [0.05, 0.1) is 6.61 Å². The molecule has 9 aromatic carbocycles. The highest BCUT2D eigenvalue weighted by Gasteiger charge is 2.22. The molecule has 0 saturated carbocycles. The van der Waals surface area contributed by atoms with E-state index in [2.05, 4.69) is 60.7 Å². The molecule has 51 heavy (non-hydrogen) atoms. The number of carboxylic acid groups (broad SMARTS) is 1. The molecule has 1 N–H and O–H groups in total. The fraction of sp³-hybridized carbons (Fsp3) is 0.109. The van der Waals surface area contributed by atoms with Crippen LogP contribution in [0.1, 0.15) is 57.5 Å². The van der Waals surface area contributed by atoms with Crippen molar-refractivity contribution in [3.05, 3.63) is 150 Å². The second-order valence-corrected chi connectivity index (χ2v) is 13.4. The van der Waals surface area contributed by atoms with Gasteiger partial charge in [-0.3, -0.25) is 14.4 Å². The Balaban J connectivity index is 1.15. The summed E-state index contributed by atoms with van der Waals surface area (Å²) in [4.78, 5) is 40.1. The Hall–Kier alpha value is -6.33. The summed E-state index contributed by atoms with van der Waals surface area (Å²) in [5, 5.41) is 21.7. The maximum absolute atomic E-state index is 14.6. The highest BCUT2D eigenvalue weighted by molar-refractivity contribution is 6.30. The van der Waals surface area contributed by atoms with Gasteiger partial charge < -0.3 is 9.84 Å². The van der Waals surface area contributed by atoms with E-state index in [4.69, 9.17) is 9.84 Å². The molecule has 0 saturated heterocycles. The zero-order valence-electron chi connectivity index (χ0n) is 27.7. The normalized spacial score (nSPS) is 11.8. The van der Waals surface area contributed by atoms with Crippen LogP contribution in [0, 0.1) is 0 Å². The minimum absolute atomic E-state index is 0.112. The molecule has 246 valence electrons. The maximum atomic E-state index is 14.6. The molecule has 0 fully saturated rings. The van der Waals surface area contributed by atoms with E-state index in [0.717, 1.165) is 64.6 Å². The predicted octanol–water partition coefficient (Wildman–Crippen LogP) is 11.0. The molecule has 0 aromatic heterocycles. The lowest BCUT2D eigenvalue weighted by atomic mass is 9.88. The molecule has 0 heterocycles. The van der Waals surface area contributed by atoms with Gasteiger partial charge in [-0.05, 0) is 114 Å². The average Bonchev–Trinajstić information content (AvgIpc) is 3.16. The van der Waals surface area contributed by atoms with E-state index >= 15 is 0 Å². The van der Waals surface area contributed by atoms with Gasteiger partial charge in [-0.1, -0.05) is 97.1 Å². The molecule has 0 radical (unpaired) electrons. The molecule has 0 amide bonds. The van der Waals surface area contributed by atoms with Crippen molar-refractivity contribution in [2.24, 2.45) is 0 Å². The van der Waals surface area contributed by atoms with E-state index in [0.29, 0.717) is 53.9 Å². The molecular formula is C46H32O5. The summed E-state index contributed by atoms with van der Waals surface area (Å²) < 4.78 is 6.17. The summed E-state index contributed by atoms with van der Waals surface area (Å²) in [5.74, 6) is -0.768. The van der Waals surface area contributed by atoms with Gasteiger partial charge in [-0.2, -0.15) is 0 Å². The average molecular weight is 665 g/mol. The first-order valence-corrected chi connectivity index (χ1v) is 17.4. The number of carbonyl (C=O) groups excluding carboxylic acids is 2. The van der Waals surface area contributed by atoms with E-state index in [9.17, 15) is 14.4 Å². The van der Waals surface area contributed by atoms with Crippen LogP contribution < -0.4 is 4.74 Å². The molecule has 0 aliphatic carbocycles. The summed E-state index contributed by atoms with van der Waals surface area (Å²) >= 11 is 0. The Morgan fingerprint density at radius 2 is 0.902 bits per heavy atom. The Kier molecular flexibility index (Phi) is 7.36. The number of hydrogen-bond donors (Lipinski definition) is 1. The van der Waals surface area contributed by atoms with Crippen LogP contribution in [0.3, 0.4) is 0 Å². The van der Waals surface area contributed by atoms with Crippen LogP contribution in [0.25, 0.3) is 64.6 Å². The van der Waals surface area contributed by atoms with Gasteiger partial charge in [-0.25, -0.2) is 0 Å². The lowest BCUT2D eigenvalue weighted by Gasteiger charge is -2.16. The van der Waals surface area contributed by atoms with Crippen LogP contribution in [0.5, 0.6) is 5.75 Å². The summed E-state index contributed by atoms with van der Waals surface area (Å²) in [5.41, 5.74) is 1.87. The summed E-state index contributed by atoms with van der Waals surface area (Å²) in [6, 6.07) is 41.9. The van der Waals surface area contributed by atoms with Crippen LogP contribution >= 0.6 is 0 Å². The van der Waals surface area contributed by atoms with Gasteiger partial charge in [0.1, 0.15) is 5.75 Å². The molecule has 0 spiro atoms. The largest absolute Gasteiger partial charge is 0.494 e. The highest BCUT2D eigenvalue weighted by atomic mass is 16.5. The van der Waals surface area contributed by atoms with Crippen molar-refractivity contribution >= 4 is 82.2 Å². The van der Waals surface area contributed by atoms with Crippen molar-refractivity contribution in [3.8, 4) is 5.75 Å². The number of benzene rings is 9. The number of hydrogen-bond acceptors (Lipinski definition) is 4. The molecule has 9 rings (SSSR count). The Morgan fingerprint density at radius 3 is 1.37 bits per heavy atom. The zero-order valence-corrected chi connectivity index (χ0v) is 27.7. The number of ketones is 2. The number of rotatable bonds is 11. The Morgan fingerprint density at radius 1 is 0.471 bits per heavy atom. The van der Waals surface area contributed by atoms with Crippen LogP contribution in [-0.2, 0) is 4.79 Å². The van der Waals surface area contributed by atoms with Gasteiger partial charge in [0.25, 0.3) is 0 Å². The van der Waals surface area contributed by atoms with E-state index < -0.39 is 5.97 Å². The van der Waals surface area contributed by atoms with Crippen molar-refractivity contribution in [2.45, 2.75) is 25.7 Å². The van der Waals surface area contributed by atoms with Gasteiger partial charge in [0.15, 0.2) is 11.6 Å². The molecule has 0 aliphatic rings. The second kappa shape index (κ2) is 12.2. The first-order chi connectivity index (χ1) is 24.9. The molecule has 0 bridgehead atoms. The van der Waals surface area contributed by atoms with Crippen LogP contribution in [0.4, 0.5) is 0 Å². The van der Waals surface area contributed by atoms with Gasteiger partial charge in [0, 0.05) is 28.7 Å². The van der Waals surface area contributed by atoms with Crippen molar-refractivity contribution < 1.29 is 24.2 Å². The zero-order chi connectivity index (χ0) is 34.6. The fourth-order valence-electron chi connectivity index (χ4n) is 7.87. The molecule has 0 atom stereocenters. The molecule has 0 unspecified atom stereocenters. The summed E-state index contributed by atoms with van der Waals surface area (Å²) in [6.07, 6.45) is 2.02. The SMILES string of the molecule is O=C(O)CCCCCOc1cc(C(=O)c2ccc3ccc4cccc5ccc2c3c45)cc(C(=O)c2ccc3ccc4cccc5ccc2c3c45)c1. The van der Waals surface area contributed by atoms with Crippen LogP contribution in [-0.4, -0.2) is 29.2 Å². The van der Waals surface area contributed by atoms with Gasteiger partial charge >= 0.3 is 5.97 Å². The molecule has 5 nitrogen and oxygen atoms in total. The Labute approximate surface area is 293 Å². The fourth-order valence-corrected chi connectivity index (χ4v) is 7.87. The monoisotopic (exact) mass is 664 g/mol. The summed E-state index contributed by atoms with van der Waals surface area (Å²) in [7, 11) is 0. The lowest BCUT2D eigenvalue weighted by Crippen LogP contribution is -2.09. The highest BCUT2D eigenvalue weighted by Crippen LogP contribution is 2.39. The van der Waals surface area contributed by atoms with E-state index in [1.807, 2.05) is 48.5 Å². The number of carboxylic acids is 1. The first kappa shape index (κ1) is 30.7. The van der Waals surface area contributed by atoms with Gasteiger partial charge in [0.2, 0.25) is 0 Å². The second-order valence-electron chi connectivity index (χ2n) is 13.4. The number of unbranched alkanes of at least 4 members (excludes halogenated alkanes) is 2. The van der Waals surface area contributed by atoms with E-state index in [1.54, 1.807) is 18.2 Å². The summed E-state index contributed by atoms with van der Waals surface area (Å²) in [6.45, 7) is 0.336. The number of ether oxygens (including phenoxy) is 1. The molecule has 9 aromatic rings. The van der Waals surface area contributed by atoms with Gasteiger partial charge in [-0.15, -0.1) is 0 Å². The first-order valence-electron chi connectivity index (χ1n) is 17.4. The number of aliphatic carboxylic acids is 1. The minimum atomic E-state index is -0.816. The molecule has 0 aliphatic heterocycles. The van der Waals surface area contributed by atoms with Crippen molar-refractivity contribution in [3.63, 3.8) is 0 Å². The smallest absolute Gasteiger partial charge is 0.303 e. The third-order valence-corrected chi connectivity index (χ3v) is 10.3. The minimum Gasteiger partial charge on any atom is -0.494 e. The van der Waals surface area contributed by atoms with Crippen molar-refractivity contribution in [1.82, 2.24) is 0 Å². The van der Waals surface area contributed by atoms with E-state index in [-0.39, 0.29) is 18.0 Å². The molecular weight excluding hydrogens is 633 g/mol. The third-order valence-electron chi connectivity index (χ3n) is 10.3. The lowest BCUT2D eigenvalue weighted by molar-refractivity contribution is -0.137. The van der Waals surface area contributed by atoms with Crippen molar-refractivity contribution in [2.75, 3.05) is 6.61 Å². The standard InChI is InChI=1S/C46H32O5/c47-40(48)10-2-1-3-23-51-35-25-33(45(49)38-21-17-31-13-11-27-6-4-8-29-15-19-36(38)43(31)41(27)29)24-34(26-35)46(50)39-22-18-32-14-12-28-7-5-9-30-16-20-37(39)44(32)42(28)30/h4-9,11-22,24-26H,1-3,10,23H2,(H,47,48). The predicted molar refractivity (Wildman–Crippen MR) is 205 cm³/mol. The topological polar surface area (TPSA) is 80.7 Å². The molecule has 5 heteroatoms.